The van der Waals surface area contributed by atoms with Crippen LogP contribution in [0.1, 0.15) is 51.6 Å². The van der Waals surface area contributed by atoms with Crippen LogP contribution in [0.4, 0.5) is 0 Å². The van der Waals surface area contributed by atoms with Crippen LogP contribution < -0.4 is 0 Å². The highest BCUT2D eigenvalue weighted by Crippen LogP contribution is 2.31. The molecule has 2 heterocycles. The lowest BCUT2D eigenvalue weighted by Gasteiger charge is -2.14. The molecule has 0 aromatic carbocycles. The van der Waals surface area contributed by atoms with Gasteiger partial charge in [0.25, 0.3) is 0 Å². The molecule has 0 amide bonds. The van der Waals surface area contributed by atoms with Crippen LogP contribution in [0.5, 0.6) is 0 Å². The van der Waals surface area contributed by atoms with Gasteiger partial charge in [0.15, 0.2) is 5.82 Å². The van der Waals surface area contributed by atoms with E-state index in [0.717, 1.165) is 18.7 Å². The number of nitrogens with zero attached hydrogens (tertiary/aromatic N) is 3. The smallest absolute Gasteiger partial charge is 0.162 e. The van der Waals surface area contributed by atoms with E-state index in [4.69, 9.17) is 4.74 Å². The lowest BCUT2D eigenvalue weighted by atomic mass is 10.2. The molecule has 0 spiro atoms. The molecule has 78 valence electrons. The molecular formula is C10H17N3O. The van der Waals surface area contributed by atoms with Crippen LogP contribution in [-0.2, 0) is 4.74 Å². The Balaban J connectivity index is 2.19. The van der Waals surface area contributed by atoms with E-state index in [1.54, 1.807) is 6.33 Å². The van der Waals surface area contributed by atoms with Gasteiger partial charge in [-0.3, -0.25) is 0 Å². The molecule has 1 aromatic rings. The molecule has 2 atom stereocenters. The first-order valence-electron chi connectivity index (χ1n) is 5.23. The molecule has 2 unspecified atom stereocenters. The Kier molecular flexibility index (Phi) is 2.54. The second-order valence-electron chi connectivity index (χ2n) is 4.20. The molecular weight excluding hydrogens is 178 g/mol. The van der Waals surface area contributed by atoms with Crippen LogP contribution in [0, 0.1) is 0 Å². The molecule has 1 fully saturated rings. The van der Waals surface area contributed by atoms with E-state index in [1.165, 1.54) is 0 Å². The number of hydrogen-bond acceptors (Lipinski definition) is 3. The van der Waals surface area contributed by atoms with Crippen molar-refractivity contribution in [2.45, 2.75) is 51.9 Å². The van der Waals surface area contributed by atoms with Gasteiger partial charge >= 0.3 is 0 Å². The van der Waals surface area contributed by atoms with Crippen LogP contribution in [0.2, 0.25) is 0 Å². The maximum Gasteiger partial charge on any atom is 0.162 e. The molecule has 0 saturated carbocycles. The summed E-state index contributed by atoms with van der Waals surface area (Å²) in [4.78, 5) is 0. The largest absolute Gasteiger partial charge is 0.367 e. The minimum atomic E-state index is 0.148. The predicted octanol–water partition coefficient (Wildman–Crippen LogP) is 2.10. The molecule has 1 aromatic heterocycles. The van der Waals surface area contributed by atoms with E-state index >= 15 is 0 Å². The molecule has 0 bridgehead atoms. The summed E-state index contributed by atoms with van der Waals surface area (Å²) >= 11 is 0. The minimum absolute atomic E-state index is 0.148. The Morgan fingerprint density at radius 3 is 2.86 bits per heavy atom. The van der Waals surface area contributed by atoms with Gasteiger partial charge in [0, 0.05) is 6.04 Å². The molecule has 2 rings (SSSR count). The fraction of sp³-hybridized carbons (Fsp3) is 0.800. The van der Waals surface area contributed by atoms with E-state index in [2.05, 4.69) is 35.5 Å². The fourth-order valence-electron chi connectivity index (χ4n) is 1.87. The number of rotatable bonds is 2. The number of aromatic nitrogens is 3. The summed E-state index contributed by atoms with van der Waals surface area (Å²) in [6, 6.07) is 0.402. The Morgan fingerprint density at radius 2 is 2.29 bits per heavy atom. The van der Waals surface area contributed by atoms with Crippen molar-refractivity contribution in [3.8, 4) is 0 Å². The monoisotopic (exact) mass is 195 g/mol. The van der Waals surface area contributed by atoms with E-state index < -0.39 is 0 Å². The van der Waals surface area contributed by atoms with Gasteiger partial charge in [0.05, 0.1) is 6.10 Å². The standard InChI is InChI=1S/C10H17N3O/c1-7(2)13-6-11-12-10(13)9-5-4-8(3)14-9/h6-9H,4-5H2,1-3H3. The van der Waals surface area contributed by atoms with Crippen molar-refractivity contribution in [3.63, 3.8) is 0 Å². The van der Waals surface area contributed by atoms with E-state index in [0.29, 0.717) is 12.1 Å². The van der Waals surface area contributed by atoms with Gasteiger partial charge in [-0.15, -0.1) is 10.2 Å². The maximum absolute atomic E-state index is 5.77. The Bertz CT molecular complexity index is 308. The predicted molar refractivity (Wildman–Crippen MR) is 52.9 cm³/mol. The van der Waals surface area contributed by atoms with Crippen LogP contribution in [-0.4, -0.2) is 20.9 Å². The van der Waals surface area contributed by atoms with Crippen molar-refractivity contribution >= 4 is 0 Å². The lowest BCUT2D eigenvalue weighted by Crippen LogP contribution is -2.11. The Hall–Kier alpha value is -0.900. The topological polar surface area (TPSA) is 39.9 Å². The van der Waals surface area contributed by atoms with Gasteiger partial charge < -0.3 is 9.30 Å². The van der Waals surface area contributed by atoms with E-state index in [-0.39, 0.29) is 6.10 Å². The summed E-state index contributed by atoms with van der Waals surface area (Å²) < 4.78 is 7.86. The van der Waals surface area contributed by atoms with E-state index in [1.807, 2.05) is 0 Å². The third kappa shape index (κ3) is 1.66. The summed E-state index contributed by atoms with van der Waals surface area (Å²) in [5.41, 5.74) is 0. The average molecular weight is 195 g/mol. The second kappa shape index (κ2) is 3.69. The molecule has 1 aliphatic heterocycles. The van der Waals surface area contributed by atoms with Crippen LogP contribution in [0.15, 0.2) is 6.33 Å². The molecule has 4 nitrogen and oxygen atoms in total. The molecule has 4 heteroatoms. The van der Waals surface area contributed by atoms with Gasteiger partial charge in [-0.25, -0.2) is 0 Å². The van der Waals surface area contributed by atoms with Gasteiger partial charge in [-0.2, -0.15) is 0 Å². The van der Waals surface area contributed by atoms with Gasteiger partial charge in [-0.05, 0) is 33.6 Å². The molecule has 14 heavy (non-hydrogen) atoms. The summed E-state index contributed by atoms with van der Waals surface area (Å²) in [6.07, 6.45) is 4.47. The number of hydrogen-bond donors (Lipinski definition) is 0. The second-order valence-corrected chi connectivity index (χ2v) is 4.20. The van der Waals surface area contributed by atoms with Crippen molar-refractivity contribution in [1.82, 2.24) is 14.8 Å². The molecule has 1 aliphatic rings. The molecule has 0 radical (unpaired) electrons. The van der Waals surface area contributed by atoms with Gasteiger partial charge in [-0.1, -0.05) is 0 Å². The van der Waals surface area contributed by atoms with Gasteiger partial charge in [0.2, 0.25) is 0 Å². The first-order valence-corrected chi connectivity index (χ1v) is 5.23. The highest BCUT2D eigenvalue weighted by molar-refractivity contribution is 4.96. The highest BCUT2D eigenvalue weighted by atomic mass is 16.5. The zero-order valence-electron chi connectivity index (χ0n) is 8.97. The minimum Gasteiger partial charge on any atom is -0.367 e. The van der Waals surface area contributed by atoms with Crippen molar-refractivity contribution in [3.05, 3.63) is 12.2 Å². The van der Waals surface area contributed by atoms with Crippen LogP contribution in [0.3, 0.4) is 0 Å². The van der Waals surface area contributed by atoms with E-state index in [9.17, 15) is 0 Å². The normalized spacial score (nSPS) is 27.4. The van der Waals surface area contributed by atoms with Crippen molar-refractivity contribution in [1.29, 1.82) is 0 Å². The lowest BCUT2D eigenvalue weighted by molar-refractivity contribution is 0.0473. The summed E-state index contributed by atoms with van der Waals surface area (Å²) in [5.74, 6) is 0.976. The third-order valence-corrected chi connectivity index (χ3v) is 2.68. The molecule has 0 aliphatic carbocycles. The third-order valence-electron chi connectivity index (χ3n) is 2.68. The fourth-order valence-corrected chi connectivity index (χ4v) is 1.87. The first-order chi connectivity index (χ1) is 6.68. The Labute approximate surface area is 84.3 Å². The summed E-state index contributed by atoms with van der Waals surface area (Å²) in [6.45, 7) is 6.37. The quantitative estimate of drug-likeness (QED) is 0.725. The first kappa shape index (κ1) is 9.65. The SMILES string of the molecule is CC1CCC(c2nncn2C(C)C)O1. The summed E-state index contributed by atoms with van der Waals surface area (Å²) in [5, 5.41) is 8.09. The van der Waals surface area contributed by atoms with Gasteiger partial charge in [0.1, 0.15) is 12.4 Å². The average Bonchev–Trinajstić information content (AvgIpc) is 2.70. The van der Waals surface area contributed by atoms with Crippen molar-refractivity contribution < 1.29 is 4.74 Å². The van der Waals surface area contributed by atoms with Crippen LogP contribution >= 0.6 is 0 Å². The number of ether oxygens (including phenoxy) is 1. The zero-order valence-corrected chi connectivity index (χ0v) is 8.97. The molecule has 1 saturated heterocycles. The van der Waals surface area contributed by atoms with Crippen LogP contribution in [0.25, 0.3) is 0 Å². The molecule has 0 N–H and O–H groups in total. The van der Waals surface area contributed by atoms with Crippen molar-refractivity contribution in [2.24, 2.45) is 0 Å². The Morgan fingerprint density at radius 1 is 1.50 bits per heavy atom. The van der Waals surface area contributed by atoms with Crippen molar-refractivity contribution in [2.75, 3.05) is 0 Å². The highest BCUT2D eigenvalue weighted by Gasteiger charge is 2.27. The zero-order chi connectivity index (χ0) is 10.1. The summed E-state index contributed by atoms with van der Waals surface area (Å²) in [7, 11) is 0. The maximum atomic E-state index is 5.77.